The summed E-state index contributed by atoms with van der Waals surface area (Å²) < 4.78 is 2.19. The van der Waals surface area contributed by atoms with Crippen LogP contribution in [0.25, 0.3) is 16.7 Å². The number of fused-ring (bicyclic) bond motifs is 3. The summed E-state index contributed by atoms with van der Waals surface area (Å²) in [4.78, 5) is 9.33. The molecule has 0 amide bonds. The van der Waals surface area contributed by atoms with Gasteiger partial charge in [-0.1, -0.05) is 25.0 Å². The van der Waals surface area contributed by atoms with Gasteiger partial charge in [-0.05, 0) is 31.9 Å². The highest BCUT2D eigenvalue weighted by atomic mass is 15.1. The summed E-state index contributed by atoms with van der Waals surface area (Å²) in [5.41, 5.74) is 4.22. The second kappa shape index (κ2) is 4.47. The molecule has 0 atom stereocenters. The lowest BCUT2D eigenvalue weighted by atomic mass is 10.2. The highest BCUT2D eigenvalue weighted by Gasteiger charge is 2.18. The van der Waals surface area contributed by atoms with Crippen molar-refractivity contribution < 1.29 is 0 Å². The van der Waals surface area contributed by atoms with Gasteiger partial charge in [-0.15, -0.1) is 0 Å². The summed E-state index contributed by atoms with van der Waals surface area (Å²) in [6, 6.07) is 8.79. The SMILES string of the molecule is Cc1cnc2c(NC3CCCC3)nc3ccccc3n12. The topological polar surface area (TPSA) is 42.2 Å². The fourth-order valence-electron chi connectivity index (χ4n) is 3.19. The van der Waals surface area contributed by atoms with Crippen LogP contribution in [0.4, 0.5) is 5.82 Å². The number of nitrogens with zero attached hydrogens (tertiary/aromatic N) is 3. The van der Waals surface area contributed by atoms with Gasteiger partial charge in [0, 0.05) is 17.9 Å². The molecule has 0 bridgehead atoms. The Bertz CT molecular complexity index is 769. The molecule has 2 aromatic heterocycles. The fraction of sp³-hybridized carbons (Fsp3) is 0.375. The standard InChI is InChI=1S/C16H18N4/c1-11-10-17-16-15(18-12-6-2-3-7-12)19-13-8-4-5-9-14(13)20(11)16/h4-5,8-10,12H,2-3,6-7H2,1H3,(H,18,19). The summed E-state index contributed by atoms with van der Waals surface area (Å²) in [5.74, 6) is 0.920. The summed E-state index contributed by atoms with van der Waals surface area (Å²) in [6.45, 7) is 2.09. The van der Waals surface area contributed by atoms with Crippen LogP contribution in [0.1, 0.15) is 31.4 Å². The van der Waals surface area contributed by atoms with Crippen molar-refractivity contribution in [2.24, 2.45) is 0 Å². The van der Waals surface area contributed by atoms with Gasteiger partial charge in [0.1, 0.15) is 0 Å². The number of benzene rings is 1. The first-order chi connectivity index (χ1) is 9.83. The normalized spacial score (nSPS) is 16.2. The van der Waals surface area contributed by atoms with Crippen molar-refractivity contribution in [2.75, 3.05) is 5.32 Å². The maximum atomic E-state index is 4.79. The van der Waals surface area contributed by atoms with Crippen LogP contribution in [0.15, 0.2) is 30.5 Å². The molecule has 0 spiro atoms. The number of rotatable bonds is 2. The molecule has 1 saturated carbocycles. The number of anilines is 1. The predicted molar refractivity (Wildman–Crippen MR) is 81.1 cm³/mol. The Morgan fingerprint density at radius 1 is 1.20 bits per heavy atom. The van der Waals surface area contributed by atoms with Crippen LogP contribution in [0.2, 0.25) is 0 Å². The molecule has 4 rings (SSSR count). The number of aryl methyl sites for hydroxylation is 1. The Morgan fingerprint density at radius 2 is 2.00 bits per heavy atom. The first-order valence-electron chi connectivity index (χ1n) is 7.32. The smallest absolute Gasteiger partial charge is 0.180 e. The second-order valence-corrected chi connectivity index (χ2v) is 5.63. The Kier molecular flexibility index (Phi) is 2.62. The zero-order valence-corrected chi connectivity index (χ0v) is 11.6. The van der Waals surface area contributed by atoms with Crippen LogP contribution in [0.3, 0.4) is 0 Å². The van der Waals surface area contributed by atoms with Crippen LogP contribution in [-0.4, -0.2) is 20.4 Å². The molecule has 1 aromatic carbocycles. The van der Waals surface area contributed by atoms with E-state index in [1.54, 1.807) is 0 Å². The molecular weight excluding hydrogens is 248 g/mol. The highest BCUT2D eigenvalue weighted by molar-refractivity contribution is 5.83. The van der Waals surface area contributed by atoms with E-state index in [4.69, 9.17) is 4.98 Å². The van der Waals surface area contributed by atoms with E-state index in [0.29, 0.717) is 6.04 Å². The summed E-state index contributed by atoms with van der Waals surface area (Å²) in [5, 5.41) is 3.59. The average molecular weight is 266 g/mol. The van der Waals surface area contributed by atoms with Gasteiger partial charge in [0.05, 0.1) is 11.0 Å². The minimum atomic E-state index is 0.546. The van der Waals surface area contributed by atoms with Crippen molar-refractivity contribution >= 4 is 22.5 Å². The van der Waals surface area contributed by atoms with Crippen molar-refractivity contribution in [2.45, 2.75) is 38.6 Å². The van der Waals surface area contributed by atoms with Gasteiger partial charge in [-0.3, -0.25) is 4.40 Å². The van der Waals surface area contributed by atoms with Crippen LogP contribution in [-0.2, 0) is 0 Å². The lowest BCUT2D eigenvalue weighted by molar-refractivity contribution is 0.751. The molecule has 1 fully saturated rings. The third-order valence-corrected chi connectivity index (χ3v) is 4.20. The molecule has 0 aliphatic heterocycles. The molecule has 0 unspecified atom stereocenters. The summed E-state index contributed by atoms with van der Waals surface area (Å²) in [6.07, 6.45) is 7.02. The Labute approximate surface area is 117 Å². The average Bonchev–Trinajstić information content (AvgIpc) is 3.09. The van der Waals surface area contributed by atoms with E-state index in [9.17, 15) is 0 Å². The first-order valence-corrected chi connectivity index (χ1v) is 7.32. The molecule has 0 saturated heterocycles. The molecule has 102 valence electrons. The number of hydrogen-bond donors (Lipinski definition) is 1. The van der Waals surface area contributed by atoms with Gasteiger partial charge in [0.15, 0.2) is 11.5 Å². The van der Waals surface area contributed by atoms with Gasteiger partial charge in [0.25, 0.3) is 0 Å². The third kappa shape index (κ3) is 1.75. The number of nitrogens with one attached hydrogen (secondary N) is 1. The maximum absolute atomic E-state index is 4.79. The molecule has 4 heteroatoms. The van der Waals surface area contributed by atoms with Gasteiger partial charge < -0.3 is 5.32 Å². The van der Waals surface area contributed by atoms with Crippen LogP contribution >= 0.6 is 0 Å². The van der Waals surface area contributed by atoms with E-state index in [2.05, 4.69) is 33.8 Å². The Balaban J connectivity index is 1.93. The number of para-hydroxylation sites is 2. The van der Waals surface area contributed by atoms with Crippen molar-refractivity contribution in [1.29, 1.82) is 0 Å². The molecule has 20 heavy (non-hydrogen) atoms. The highest BCUT2D eigenvalue weighted by Crippen LogP contribution is 2.26. The van der Waals surface area contributed by atoms with Gasteiger partial charge >= 0.3 is 0 Å². The maximum Gasteiger partial charge on any atom is 0.180 e. The van der Waals surface area contributed by atoms with Crippen LogP contribution < -0.4 is 5.32 Å². The quantitative estimate of drug-likeness (QED) is 0.771. The second-order valence-electron chi connectivity index (χ2n) is 5.63. The molecule has 4 nitrogen and oxygen atoms in total. The first kappa shape index (κ1) is 11.7. The molecule has 1 aliphatic carbocycles. The van der Waals surface area contributed by atoms with E-state index >= 15 is 0 Å². The van der Waals surface area contributed by atoms with E-state index in [0.717, 1.165) is 28.2 Å². The van der Waals surface area contributed by atoms with Gasteiger partial charge in [-0.25, -0.2) is 9.97 Å². The summed E-state index contributed by atoms with van der Waals surface area (Å²) in [7, 11) is 0. The number of imidazole rings is 1. The molecule has 2 heterocycles. The van der Waals surface area contributed by atoms with Crippen molar-refractivity contribution in [1.82, 2.24) is 14.4 Å². The van der Waals surface area contributed by atoms with E-state index < -0.39 is 0 Å². The molecule has 1 N–H and O–H groups in total. The van der Waals surface area contributed by atoms with Crippen LogP contribution in [0.5, 0.6) is 0 Å². The van der Waals surface area contributed by atoms with Gasteiger partial charge in [0.2, 0.25) is 0 Å². The number of aromatic nitrogens is 3. The lowest BCUT2D eigenvalue weighted by Gasteiger charge is -2.15. The molecular formula is C16H18N4. The molecule has 1 aliphatic rings. The minimum absolute atomic E-state index is 0.546. The zero-order chi connectivity index (χ0) is 13.5. The minimum Gasteiger partial charge on any atom is -0.364 e. The number of hydrogen-bond acceptors (Lipinski definition) is 3. The van der Waals surface area contributed by atoms with E-state index in [1.165, 1.54) is 25.7 Å². The van der Waals surface area contributed by atoms with E-state index in [1.807, 2.05) is 18.3 Å². The van der Waals surface area contributed by atoms with E-state index in [-0.39, 0.29) is 0 Å². The predicted octanol–water partition coefficient (Wildman–Crippen LogP) is 3.55. The fourth-order valence-corrected chi connectivity index (χ4v) is 3.19. The molecule has 0 radical (unpaired) electrons. The van der Waals surface area contributed by atoms with Crippen molar-refractivity contribution in [3.05, 3.63) is 36.2 Å². The zero-order valence-electron chi connectivity index (χ0n) is 11.6. The lowest BCUT2D eigenvalue weighted by Crippen LogP contribution is -2.16. The monoisotopic (exact) mass is 266 g/mol. The third-order valence-electron chi connectivity index (χ3n) is 4.20. The molecule has 3 aromatic rings. The van der Waals surface area contributed by atoms with Crippen molar-refractivity contribution in [3.63, 3.8) is 0 Å². The Hall–Kier alpha value is -2.10. The van der Waals surface area contributed by atoms with Crippen LogP contribution in [0, 0.1) is 6.92 Å². The van der Waals surface area contributed by atoms with Crippen molar-refractivity contribution in [3.8, 4) is 0 Å². The van der Waals surface area contributed by atoms with Gasteiger partial charge in [-0.2, -0.15) is 0 Å². The largest absolute Gasteiger partial charge is 0.364 e. The summed E-state index contributed by atoms with van der Waals surface area (Å²) >= 11 is 0. The Morgan fingerprint density at radius 3 is 2.85 bits per heavy atom.